The van der Waals surface area contributed by atoms with Gasteiger partial charge in [-0.3, -0.25) is 9.69 Å². The third-order valence-electron chi connectivity index (χ3n) is 9.72. The number of hydrogen-bond donors (Lipinski definition) is 0. The fourth-order valence-corrected chi connectivity index (χ4v) is 7.83. The van der Waals surface area contributed by atoms with Crippen molar-refractivity contribution in [3.05, 3.63) is 71.8 Å². The van der Waals surface area contributed by atoms with Gasteiger partial charge in [-0.1, -0.05) is 48.5 Å². The summed E-state index contributed by atoms with van der Waals surface area (Å²) in [5, 5.41) is 12.0. The van der Waals surface area contributed by atoms with E-state index in [1.165, 1.54) is 11.0 Å². The SMILES string of the molecule is C=C(F)C(=O)N1CCN(c2nc(OC[C@@]34CCCN3C[C@H](F)C4)nc3cc(-c4cccc5cccc(Cl)c45)c(F)cc23)C[C@@H]1CC#N. The molecule has 3 aliphatic rings. The van der Waals surface area contributed by atoms with Gasteiger partial charge in [-0.05, 0) is 48.5 Å². The molecule has 0 saturated carbocycles. The average molecular weight is 661 g/mol. The van der Waals surface area contributed by atoms with Crippen molar-refractivity contribution in [1.82, 2.24) is 19.8 Å². The zero-order chi connectivity index (χ0) is 32.9. The second-order valence-corrected chi connectivity index (χ2v) is 13.0. The number of ether oxygens (including phenoxy) is 1. The Bertz CT molecular complexity index is 1950. The monoisotopic (exact) mass is 660 g/mol. The molecule has 8 nitrogen and oxygen atoms in total. The number of anilines is 1. The second kappa shape index (κ2) is 12.3. The molecule has 7 rings (SSSR count). The summed E-state index contributed by atoms with van der Waals surface area (Å²) in [7, 11) is 0. The summed E-state index contributed by atoms with van der Waals surface area (Å²) in [6, 6.07) is 15.6. The number of hydrogen-bond acceptors (Lipinski definition) is 7. The van der Waals surface area contributed by atoms with Gasteiger partial charge in [0.2, 0.25) is 0 Å². The molecule has 3 aromatic carbocycles. The van der Waals surface area contributed by atoms with Crippen LogP contribution in [0, 0.1) is 17.1 Å². The number of halogens is 4. The Hall–Kier alpha value is -4.40. The standard InChI is InChI=1S/C35H32ClF3N6O2/c1-21(37)33(46)45-14-13-43(19-24(45)9-11-40)32-27-15-29(39)26(25-7-2-5-22-6-3-8-28(36)31(22)25)16-30(27)41-34(42-32)47-20-35-10-4-12-44(35)18-23(38)17-35/h2-3,5-8,15-16,23-24H,1,4,9-10,12-14,17-20H2/t23-,24+,35+/m1/s1. The minimum Gasteiger partial charge on any atom is -0.461 e. The predicted molar refractivity (Wildman–Crippen MR) is 174 cm³/mol. The van der Waals surface area contributed by atoms with E-state index in [4.69, 9.17) is 26.3 Å². The van der Waals surface area contributed by atoms with Crippen LogP contribution in [0.4, 0.5) is 19.0 Å². The van der Waals surface area contributed by atoms with E-state index in [0.717, 1.165) is 24.8 Å². The number of fused-ring (bicyclic) bond motifs is 3. The maximum Gasteiger partial charge on any atom is 0.319 e. The van der Waals surface area contributed by atoms with E-state index in [0.29, 0.717) is 51.2 Å². The summed E-state index contributed by atoms with van der Waals surface area (Å²) in [5.41, 5.74) is 0.865. The fraction of sp³-hybridized carbons (Fsp3) is 0.371. The highest BCUT2D eigenvalue weighted by molar-refractivity contribution is 6.36. The topological polar surface area (TPSA) is 85.6 Å². The molecular weight excluding hydrogens is 629 g/mol. The number of amides is 1. The molecule has 242 valence electrons. The first-order chi connectivity index (χ1) is 22.7. The molecule has 3 fully saturated rings. The first-order valence-corrected chi connectivity index (χ1v) is 16.0. The van der Waals surface area contributed by atoms with E-state index in [9.17, 15) is 18.8 Å². The molecule has 4 aromatic rings. The van der Waals surface area contributed by atoms with Gasteiger partial charge < -0.3 is 14.5 Å². The largest absolute Gasteiger partial charge is 0.461 e. The van der Waals surface area contributed by atoms with Gasteiger partial charge in [-0.2, -0.15) is 15.2 Å². The molecule has 47 heavy (non-hydrogen) atoms. The molecule has 0 bridgehead atoms. The number of alkyl halides is 1. The zero-order valence-corrected chi connectivity index (χ0v) is 26.3. The molecule has 0 unspecified atom stereocenters. The van der Waals surface area contributed by atoms with Crippen LogP contribution in [-0.4, -0.2) is 82.8 Å². The van der Waals surface area contributed by atoms with Crippen LogP contribution < -0.4 is 9.64 Å². The molecule has 12 heteroatoms. The number of benzene rings is 3. The molecule has 0 N–H and O–H groups in total. The van der Waals surface area contributed by atoms with E-state index in [2.05, 4.69) is 17.5 Å². The van der Waals surface area contributed by atoms with Crippen molar-refractivity contribution in [2.75, 3.05) is 44.2 Å². The van der Waals surface area contributed by atoms with Crippen molar-refractivity contribution >= 4 is 45.0 Å². The highest BCUT2D eigenvalue weighted by Crippen LogP contribution is 2.41. The van der Waals surface area contributed by atoms with Gasteiger partial charge >= 0.3 is 6.01 Å². The molecule has 3 aliphatic heterocycles. The lowest BCUT2D eigenvalue weighted by molar-refractivity contribution is -0.131. The van der Waals surface area contributed by atoms with Crippen molar-refractivity contribution in [1.29, 1.82) is 5.26 Å². The Kier molecular flexibility index (Phi) is 8.18. The normalized spacial score (nSPS) is 22.9. The molecule has 3 saturated heterocycles. The summed E-state index contributed by atoms with van der Waals surface area (Å²) >= 11 is 6.60. The maximum atomic E-state index is 16.2. The number of carbonyl (C=O) groups is 1. The molecule has 1 amide bonds. The lowest BCUT2D eigenvalue weighted by atomic mass is 9.95. The number of nitriles is 1. The Balaban J connectivity index is 1.32. The highest BCUT2D eigenvalue weighted by atomic mass is 35.5. The number of rotatable bonds is 7. The number of carbonyl (C=O) groups excluding carboxylic acids is 1. The quantitative estimate of drug-likeness (QED) is 0.206. The van der Waals surface area contributed by atoms with Gasteiger partial charge in [0, 0.05) is 54.0 Å². The van der Waals surface area contributed by atoms with Crippen LogP contribution in [0.15, 0.2) is 60.9 Å². The maximum absolute atomic E-state index is 16.2. The summed E-state index contributed by atoms with van der Waals surface area (Å²) in [6.45, 7) is 4.98. The van der Waals surface area contributed by atoms with Crippen LogP contribution in [0.25, 0.3) is 32.8 Å². The van der Waals surface area contributed by atoms with Gasteiger partial charge in [0.1, 0.15) is 24.4 Å². The first-order valence-electron chi connectivity index (χ1n) is 15.7. The van der Waals surface area contributed by atoms with Gasteiger partial charge in [0.05, 0.1) is 29.6 Å². The average Bonchev–Trinajstić information content (AvgIpc) is 3.58. The third kappa shape index (κ3) is 5.63. The van der Waals surface area contributed by atoms with Crippen LogP contribution in [0.1, 0.15) is 25.7 Å². The third-order valence-corrected chi connectivity index (χ3v) is 10.0. The first kappa shape index (κ1) is 31.2. The van der Waals surface area contributed by atoms with Gasteiger partial charge in [-0.15, -0.1) is 0 Å². The molecule has 4 heterocycles. The molecule has 3 atom stereocenters. The van der Waals surface area contributed by atoms with Crippen LogP contribution in [0.3, 0.4) is 0 Å². The molecular formula is C35H32ClF3N6O2. The Morgan fingerprint density at radius 3 is 2.72 bits per heavy atom. The second-order valence-electron chi connectivity index (χ2n) is 12.6. The molecule has 1 aromatic heterocycles. The molecule has 0 radical (unpaired) electrons. The van der Waals surface area contributed by atoms with Crippen LogP contribution >= 0.6 is 11.6 Å². The van der Waals surface area contributed by atoms with Crippen molar-refractivity contribution in [2.45, 2.75) is 43.4 Å². The van der Waals surface area contributed by atoms with Crippen molar-refractivity contribution in [3.8, 4) is 23.2 Å². The van der Waals surface area contributed by atoms with E-state index in [1.54, 1.807) is 18.2 Å². The smallest absolute Gasteiger partial charge is 0.319 e. The summed E-state index contributed by atoms with van der Waals surface area (Å²) in [6.07, 6.45) is 1.14. The Labute approximate surface area is 275 Å². The number of nitrogens with zero attached hydrogens (tertiary/aromatic N) is 6. The minimum absolute atomic E-state index is 0.0506. The zero-order valence-electron chi connectivity index (χ0n) is 25.6. The van der Waals surface area contributed by atoms with E-state index in [-0.39, 0.29) is 38.7 Å². The van der Waals surface area contributed by atoms with E-state index in [1.807, 2.05) is 29.2 Å². The van der Waals surface area contributed by atoms with E-state index >= 15 is 4.39 Å². The predicted octanol–water partition coefficient (Wildman–Crippen LogP) is 6.61. The number of aromatic nitrogens is 2. The van der Waals surface area contributed by atoms with E-state index < -0.39 is 35.3 Å². The van der Waals surface area contributed by atoms with Gasteiger partial charge in [0.25, 0.3) is 5.91 Å². The van der Waals surface area contributed by atoms with Crippen molar-refractivity contribution in [3.63, 3.8) is 0 Å². The summed E-state index contributed by atoms with van der Waals surface area (Å²) < 4.78 is 50.8. The van der Waals surface area contributed by atoms with Crippen LogP contribution in [-0.2, 0) is 4.79 Å². The minimum atomic E-state index is -1.10. The summed E-state index contributed by atoms with van der Waals surface area (Å²) in [4.78, 5) is 27.3. The van der Waals surface area contributed by atoms with Gasteiger partial charge in [-0.25, -0.2) is 13.2 Å². The Morgan fingerprint density at radius 1 is 1.13 bits per heavy atom. The highest BCUT2D eigenvalue weighted by Gasteiger charge is 2.49. The van der Waals surface area contributed by atoms with Crippen LogP contribution in [0.2, 0.25) is 5.02 Å². The van der Waals surface area contributed by atoms with Crippen molar-refractivity contribution < 1.29 is 22.7 Å². The molecule has 0 aliphatic carbocycles. The lowest BCUT2D eigenvalue weighted by Gasteiger charge is -2.41. The summed E-state index contributed by atoms with van der Waals surface area (Å²) in [5.74, 6) is -2.12. The van der Waals surface area contributed by atoms with Gasteiger partial charge in [0.15, 0.2) is 5.83 Å². The van der Waals surface area contributed by atoms with Crippen molar-refractivity contribution in [2.24, 2.45) is 0 Å². The lowest BCUT2D eigenvalue weighted by Crippen LogP contribution is -2.55. The Morgan fingerprint density at radius 2 is 1.94 bits per heavy atom. The van der Waals surface area contributed by atoms with Crippen LogP contribution in [0.5, 0.6) is 6.01 Å². The molecule has 0 spiro atoms. The fourth-order valence-electron chi connectivity index (χ4n) is 7.54. The number of piperazine rings is 1.